The van der Waals surface area contributed by atoms with Crippen LogP contribution in [0.5, 0.6) is 0 Å². The third-order valence-corrected chi connectivity index (χ3v) is 3.13. The maximum absolute atomic E-state index is 8.50. The fourth-order valence-electron chi connectivity index (χ4n) is 2.15. The van der Waals surface area contributed by atoms with Crippen molar-refractivity contribution >= 4 is 17.3 Å². The Hall–Kier alpha value is -2.43. The van der Waals surface area contributed by atoms with Crippen LogP contribution in [0.1, 0.15) is 43.3 Å². The molecule has 2 rings (SSSR count). The molecule has 22 heavy (non-hydrogen) atoms. The Kier molecular flexibility index (Phi) is 4.17. The molecule has 5 heteroatoms. The van der Waals surface area contributed by atoms with Gasteiger partial charge in [-0.2, -0.15) is 0 Å². The molecule has 0 spiro atoms. The fourth-order valence-corrected chi connectivity index (χ4v) is 2.15. The van der Waals surface area contributed by atoms with E-state index in [1.54, 1.807) is 6.92 Å². The quantitative estimate of drug-likeness (QED) is 0.758. The highest BCUT2D eigenvalue weighted by Gasteiger charge is 2.20. The third-order valence-electron chi connectivity index (χ3n) is 3.13. The minimum Gasteiger partial charge on any atom is -0.383 e. The molecule has 2 aromatic rings. The summed E-state index contributed by atoms with van der Waals surface area (Å²) in [6.07, 6.45) is 0. The fraction of sp³-hybridized carbons (Fsp3) is 0.353. The van der Waals surface area contributed by atoms with Crippen LogP contribution in [0, 0.1) is 19.3 Å². The van der Waals surface area contributed by atoms with Crippen molar-refractivity contribution in [2.24, 2.45) is 0 Å². The third kappa shape index (κ3) is 3.61. The monoisotopic (exact) mass is 297 g/mol. The summed E-state index contributed by atoms with van der Waals surface area (Å²) in [4.78, 5) is 8.65. The molecule has 0 atom stereocenters. The molecule has 4 N–H and O–H groups in total. The van der Waals surface area contributed by atoms with Crippen LogP contribution in [0.2, 0.25) is 0 Å². The molecule has 0 amide bonds. The smallest absolute Gasteiger partial charge is 0.141 e. The highest BCUT2D eigenvalue weighted by Crippen LogP contribution is 2.25. The van der Waals surface area contributed by atoms with Crippen molar-refractivity contribution in [3.05, 3.63) is 46.8 Å². The molecule has 0 aliphatic rings. The first-order valence-electron chi connectivity index (χ1n) is 7.25. The zero-order valence-corrected chi connectivity index (χ0v) is 13.8. The molecular weight excluding hydrogens is 274 g/mol. The number of nitrogens with two attached hydrogens (primary N) is 1. The van der Waals surface area contributed by atoms with Gasteiger partial charge in [0, 0.05) is 11.1 Å². The number of anilines is 2. The first-order chi connectivity index (χ1) is 10.2. The molecule has 116 valence electrons. The highest BCUT2D eigenvalue weighted by molar-refractivity contribution is 6.16. The number of rotatable bonds is 3. The Labute approximate surface area is 131 Å². The van der Waals surface area contributed by atoms with E-state index >= 15 is 0 Å². The summed E-state index contributed by atoms with van der Waals surface area (Å²) >= 11 is 0. The van der Waals surface area contributed by atoms with Crippen molar-refractivity contribution < 1.29 is 0 Å². The van der Waals surface area contributed by atoms with Gasteiger partial charge in [-0.3, -0.25) is 5.41 Å². The highest BCUT2D eigenvalue weighted by atomic mass is 15.1. The van der Waals surface area contributed by atoms with Gasteiger partial charge >= 0.3 is 0 Å². The number of aromatic nitrogens is 2. The van der Waals surface area contributed by atoms with Crippen LogP contribution >= 0.6 is 0 Å². The first-order valence-corrected chi connectivity index (χ1v) is 7.25. The van der Waals surface area contributed by atoms with E-state index in [0.717, 1.165) is 11.1 Å². The largest absolute Gasteiger partial charge is 0.383 e. The molecule has 0 fully saturated rings. The summed E-state index contributed by atoms with van der Waals surface area (Å²) in [5.41, 5.74) is 8.71. The Morgan fingerprint density at radius 2 is 1.68 bits per heavy atom. The summed E-state index contributed by atoms with van der Waals surface area (Å²) in [6, 6.07) is 7.79. The van der Waals surface area contributed by atoms with Crippen molar-refractivity contribution in [1.29, 1.82) is 5.41 Å². The minimum atomic E-state index is -0.185. The Morgan fingerprint density at radius 3 is 2.23 bits per heavy atom. The van der Waals surface area contributed by atoms with Gasteiger partial charge in [-0.05, 0) is 34.6 Å². The number of nitrogens with zero attached hydrogens (tertiary/aromatic N) is 2. The van der Waals surface area contributed by atoms with E-state index in [-0.39, 0.29) is 5.54 Å². The van der Waals surface area contributed by atoms with Crippen molar-refractivity contribution in [3.8, 4) is 0 Å². The summed E-state index contributed by atoms with van der Waals surface area (Å²) in [7, 11) is 0. The van der Waals surface area contributed by atoms with Crippen LogP contribution in [0.15, 0.2) is 24.3 Å². The standard InChI is InChI=1S/C17H23N5/c1-10-6-8-12(9-7-10)14(18)13-15(19)20-11(2)21-16(13)22-17(3,4)5/h6-9,18H,1-5H3,(H3,19,20,21,22). The van der Waals surface area contributed by atoms with E-state index in [1.165, 1.54) is 0 Å². The van der Waals surface area contributed by atoms with Crippen LogP contribution < -0.4 is 11.1 Å². The van der Waals surface area contributed by atoms with E-state index in [1.807, 2.05) is 52.0 Å². The van der Waals surface area contributed by atoms with Gasteiger partial charge in [0.15, 0.2) is 0 Å². The first kappa shape index (κ1) is 15.9. The number of aryl methyl sites for hydroxylation is 2. The van der Waals surface area contributed by atoms with E-state index in [2.05, 4.69) is 15.3 Å². The van der Waals surface area contributed by atoms with Crippen LogP contribution in [-0.4, -0.2) is 21.2 Å². The normalized spacial score (nSPS) is 11.3. The lowest BCUT2D eigenvalue weighted by molar-refractivity contribution is 0.629. The maximum Gasteiger partial charge on any atom is 0.141 e. The minimum absolute atomic E-state index is 0.185. The predicted octanol–water partition coefficient (Wildman–Crippen LogP) is 3.30. The van der Waals surface area contributed by atoms with Gasteiger partial charge in [0.05, 0.1) is 11.3 Å². The van der Waals surface area contributed by atoms with Crippen LogP contribution in [0.4, 0.5) is 11.6 Å². The molecule has 0 unspecified atom stereocenters. The van der Waals surface area contributed by atoms with Crippen molar-refractivity contribution in [3.63, 3.8) is 0 Å². The van der Waals surface area contributed by atoms with Gasteiger partial charge in [0.25, 0.3) is 0 Å². The predicted molar refractivity (Wildman–Crippen MR) is 91.7 cm³/mol. The summed E-state index contributed by atoms with van der Waals surface area (Å²) < 4.78 is 0. The lowest BCUT2D eigenvalue weighted by Crippen LogP contribution is -2.29. The maximum atomic E-state index is 8.50. The zero-order valence-electron chi connectivity index (χ0n) is 13.8. The number of nitrogens with one attached hydrogen (secondary N) is 2. The molecule has 1 aromatic heterocycles. The van der Waals surface area contributed by atoms with E-state index in [9.17, 15) is 0 Å². The number of nitrogen functional groups attached to an aromatic ring is 1. The SMILES string of the molecule is Cc1ccc(C(=N)c2c(N)nc(C)nc2NC(C)(C)C)cc1. The average molecular weight is 297 g/mol. The van der Waals surface area contributed by atoms with Gasteiger partial charge in [-0.15, -0.1) is 0 Å². The van der Waals surface area contributed by atoms with Crippen molar-refractivity contribution in [1.82, 2.24) is 9.97 Å². The van der Waals surface area contributed by atoms with E-state index < -0.39 is 0 Å². The number of benzene rings is 1. The topological polar surface area (TPSA) is 87.7 Å². The van der Waals surface area contributed by atoms with Crippen molar-refractivity contribution in [2.75, 3.05) is 11.1 Å². The molecule has 0 saturated carbocycles. The van der Waals surface area contributed by atoms with Gasteiger partial charge in [0.1, 0.15) is 17.5 Å². The van der Waals surface area contributed by atoms with Crippen LogP contribution in [0.3, 0.4) is 0 Å². The lowest BCUT2D eigenvalue weighted by Gasteiger charge is -2.24. The molecule has 0 aliphatic heterocycles. The Balaban J connectivity index is 2.53. The Morgan fingerprint density at radius 1 is 1.09 bits per heavy atom. The van der Waals surface area contributed by atoms with Crippen LogP contribution in [0.25, 0.3) is 0 Å². The average Bonchev–Trinajstić information content (AvgIpc) is 2.36. The Bertz CT molecular complexity index is 696. The van der Waals surface area contributed by atoms with Crippen molar-refractivity contribution in [2.45, 2.75) is 40.2 Å². The molecule has 0 aliphatic carbocycles. The summed E-state index contributed by atoms with van der Waals surface area (Å²) in [5, 5.41) is 11.8. The molecule has 0 saturated heterocycles. The van der Waals surface area contributed by atoms with E-state index in [0.29, 0.717) is 28.7 Å². The molecule has 5 nitrogen and oxygen atoms in total. The summed E-state index contributed by atoms with van der Waals surface area (Å²) in [5.74, 6) is 1.51. The molecule has 0 radical (unpaired) electrons. The molecule has 0 bridgehead atoms. The zero-order chi connectivity index (χ0) is 16.5. The number of hydrogen-bond donors (Lipinski definition) is 3. The second-order valence-corrected chi connectivity index (χ2v) is 6.50. The van der Waals surface area contributed by atoms with Gasteiger partial charge in [0.2, 0.25) is 0 Å². The van der Waals surface area contributed by atoms with Gasteiger partial charge in [-0.1, -0.05) is 29.8 Å². The molecular formula is C17H23N5. The van der Waals surface area contributed by atoms with E-state index in [4.69, 9.17) is 11.1 Å². The van der Waals surface area contributed by atoms with Crippen LogP contribution in [-0.2, 0) is 0 Å². The lowest BCUT2D eigenvalue weighted by atomic mass is 10.0. The second-order valence-electron chi connectivity index (χ2n) is 6.50. The summed E-state index contributed by atoms with van der Waals surface area (Å²) in [6.45, 7) is 9.94. The van der Waals surface area contributed by atoms with Gasteiger partial charge in [-0.25, -0.2) is 9.97 Å². The molecule has 1 heterocycles. The second kappa shape index (κ2) is 5.75. The molecule has 1 aromatic carbocycles. The van der Waals surface area contributed by atoms with Gasteiger partial charge < -0.3 is 11.1 Å². The number of hydrogen-bond acceptors (Lipinski definition) is 5.